The Bertz CT molecular complexity index is 480. The summed E-state index contributed by atoms with van der Waals surface area (Å²) in [5.41, 5.74) is 0. The Morgan fingerprint density at radius 1 is 1.43 bits per heavy atom. The van der Waals surface area contributed by atoms with Crippen LogP contribution in [0.1, 0.15) is 50.4 Å². The molecule has 5 heteroatoms. The maximum absolute atomic E-state index is 12.4. The normalized spacial score (nSPS) is 26.2. The highest BCUT2D eigenvalue weighted by molar-refractivity contribution is 5.76. The van der Waals surface area contributed by atoms with Crippen LogP contribution in [-0.4, -0.2) is 46.2 Å². The van der Waals surface area contributed by atoms with E-state index in [4.69, 9.17) is 4.74 Å². The Hall–Kier alpha value is -1.36. The number of amides is 1. The molecule has 1 amide bonds. The summed E-state index contributed by atoms with van der Waals surface area (Å²) in [6.45, 7) is 4.61. The third-order valence-electron chi connectivity index (χ3n) is 4.71. The molecule has 1 aromatic heterocycles. The summed E-state index contributed by atoms with van der Waals surface area (Å²) >= 11 is 0. The third kappa shape index (κ3) is 3.46. The largest absolute Gasteiger partial charge is 0.378 e. The van der Waals surface area contributed by atoms with Crippen molar-refractivity contribution >= 4 is 5.91 Å². The molecule has 0 unspecified atom stereocenters. The molecule has 2 atom stereocenters. The summed E-state index contributed by atoms with van der Waals surface area (Å²) in [4.78, 5) is 18.7. The fraction of sp³-hybridized carbons (Fsp3) is 0.750. The number of aromatic nitrogens is 2. The molecular formula is C16H25N3O2. The summed E-state index contributed by atoms with van der Waals surface area (Å²) in [7, 11) is 0. The summed E-state index contributed by atoms with van der Waals surface area (Å²) in [6.07, 6.45) is 10.2. The van der Waals surface area contributed by atoms with Gasteiger partial charge in [0, 0.05) is 38.5 Å². The molecule has 5 nitrogen and oxygen atoms in total. The Morgan fingerprint density at radius 3 is 3.05 bits per heavy atom. The molecule has 0 aromatic carbocycles. The van der Waals surface area contributed by atoms with E-state index in [2.05, 4.69) is 9.55 Å². The van der Waals surface area contributed by atoms with Crippen LogP contribution in [0, 0.1) is 6.92 Å². The quantitative estimate of drug-likeness (QED) is 0.855. The molecule has 0 radical (unpaired) electrons. The van der Waals surface area contributed by atoms with Crippen LogP contribution in [0.2, 0.25) is 0 Å². The van der Waals surface area contributed by atoms with Gasteiger partial charge in [0.25, 0.3) is 0 Å². The SMILES string of the molecule is Cc1nccn1[C@@H]1CCCN(C(=O)CC[C@H]2CCCO2)C1. The van der Waals surface area contributed by atoms with E-state index in [1.54, 1.807) is 0 Å². The smallest absolute Gasteiger partial charge is 0.222 e. The summed E-state index contributed by atoms with van der Waals surface area (Å²) in [5, 5.41) is 0. The van der Waals surface area contributed by atoms with Crippen LogP contribution in [0.5, 0.6) is 0 Å². The number of piperidine rings is 1. The number of imidazole rings is 1. The van der Waals surface area contributed by atoms with Crippen LogP contribution in [0.3, 0.4) is 0 Å². The molecule has 1 aromatic rings. The highest BCUT2D eigenvalue weighted by atomic mass is 16.5. The maximum Gasteiger partial charge on any atom is 0.222 e. The molecule has 2 saturated heterocycles. The molecule has 2 aliphatic rings. The standard InChI is InChI=1S/C16H25N3O2/c1-13-17-8-10-19(13)14-4-2-9-18(12-14)16(20)7-6-15-5-3-11-21-15/h8,10,14-15H,2-7,9,11-12H2,1H3/t14-,15-/m1/s1. The molecule has 0 saturated carbocycles. The second-order valence-electron chi connectivity index (χ2n) is 6.19. The van der Waals surface area contributed by atoms with Gasteiger partial charge in [-0.2, -0.15) is 0 Å². The second-order valence-corrected chi connectivity index (χ2v) is 6.19. The lowest BCUT2D eigenvalue weighted by Gasteiger charge is -2.34. The van der Waals surface area contributed by atoms with Gasteiger partial charge in [-0.25, -0.2) is 4.98 Å². The summed E-state index contributed by atoms with van der Waals surface area (Å²) < 4.78 is 7.81. The first-order valence-corrected chi connectivity index (χ1v) is 8.13. The van der Waals surface area contributed by atoms with Gasteiger partial charge in [-0.1, -0.05) is 0 Å². The molecule has 2 fully saturated rings. The minimum atomic E-state index is 0.285. The lowest BCUT2D eigenvalue weighted by Crippen LogP contribution is -2.41. The van der Waals surface area contributed by atoms with Crippen LogP contribution in [0.15, 0.2) is 12.4 Å². The van der Waals surface area contributed by atoms with Gasteiger partial charge < -0.3 is 14.2 Å². The monoisotopic (exact) mass is 291 g/mol. The van der Waals surface area contributed by atoms with Gasteiger partial charge in [0.15, 0.2) is 0 Å². The van der Waals surface area contributed by atoms with Gasteiger partial charge in [-0.05, 0) is 39.0 Å². The Balaban J connectivity index is 1.53. The summed E-state index contributed by atoms with van der Waals surface area (Å²) in [6, 6.07) is 0.382. The molecular weight excluding hydrogens is 266 g/mol. The molecule has 21 heavy (non-hydrogen) atoms. The fourth-order valence-electron chi connectivity index (χ4n) is 3.50. The molecule has 2 aliphatic heterocycles. The van der Waals surface area contributed by atoms with Crippen molar-refractivity contribution in [1.29, 1.82) is 0 Å². The van der Waals surface area contributed by atoms with Crippen molar-refractivity contribution in [2.24, 2.45) is 0 Å². The summed E-state index contributed by atoms with van der Waals surface area (Å²) in [5.74, 6) is 1.32. The van der Waals surface area contributed by atoms with Gasteiger partial charge in [0.05, 0.1) is 12.1 Å². The zero-order chi connectivity index (χ0) is 14.7. The first kappa shape index (κ1) is 14.6. The lowest BCUT2D eigenvalue weighted by atomic mass is 10.0. The van der Waals surface area contributed by atoms with Crippen LogP contribution in [0.25, 0.3) is 0 Å². The van der Waals surface area contributed by atoms with E-state index in [1.807, 2.05) is 24.2 Å². The van der Waals surface area contributed by atoms with E-state index in [1.165, 1.54) is 0 Å². The van der Waals surface area contributed by atoms with Crippen molar-refractivity contribution in [3.63, 3.8) is 0 Å². The number of aryl methyl sites for hydroxylation is 1. The van der Waals surface area contributed by atoms with E-state index in [-0.39, 0.29) is 5.91 Å². The Labute approximate surface area is 126 Å². The van der Waals surface area contributed by atoms with Crippen LogP contribution in [-0.2, 0) is 9.53 Å². The first-order chi connectivity index (χ1) is 10.2. The van der Waals surface area contributed by atoms with E-state index in [0.29, 0.717) is 18.6 Å². The zero-order valence-electron chi connectivity index (χ0n) is 12.8. The van der Waals surface area contributed by atoms with Gasteiger partial charge in [0.1, 0.15) is 5.82 Å². The molecule has 3 rings (SSSR count). The number of rotatable bonds is 4. The minimum Gasteiger partial charge on any atom is -0.378 e. The number of hydrogen-bond acceptors (Lipinski definition) is 3. The predicted molar refractivity (Wildman–Crippen MR) is 80.0 cm³/mol. The van der Waals surface area contributed by atoms with E-state index in [0.717, 1.165) is 57.6 Å². The van der Waals surface area contributed by atoms with Crippen molar-refractivity contribution < 1.29 is 9.53 Å². The van der Waals surface area contributed by atoms with Crippen LogP contribution >= 0.6 is 0 Å². The van der Waals surface area contributed by atoms with Crippen LogP contribution in [0.4, 0.5) is 0 Å². The number of likely N-dealkylation sites (tertiary alicyclic amines) is 1. The number of hydrogen-bond donors (Lipinski definition) is 0. The molecule has 0 bridgehead atoms. The number of ether oxygens (including phenoxy) is 1. The van der Waals surface area contributed by atoms with Gasteiger partial charge in [0.2, 0.25) is 5.91 Å². The topological polar surface area (TPSA) is 47.4 Å². The predicted octanol–water partition coefficient (Wildman–Crippen LogP) is 2.31. The lowest BCUT2D eigenvalue weighted by molar-refractivity contribution is -0.133. The number of carbonyl (C=O) groups excluding carboxylic acids is 1. The third-order valence-corrected chi connectivity index (χ3v) is 4.71. The zero-order valence-corrected chi connectivity index (χ0v) is 12.8. The van der Waals surface area contributed by atoms with E-state index >= 15 is 0 Å². The number of nitrogens with zero attached hydrogens (tertiary/aromatic N) is 3. The number of carbonyl (C=O) groups is 1. The van der Waals surface area contributed by atoms with Crippen molar-refractivity contribution in [3.8, 4) is 0 Å². The molecule has 0 N–H and O–H groups in total. The molecule has 0 aliphatic carbocycles. The average molecular weight is 291 g/mol. The highest BCUT2D eigenvalue weighted by Gasteiger charge is 2.26. The second kappa shape index (κ2) is 6.60. The Kier molecular flexibility index (Phi) is 4.58. The maximum atomic E-state index is 12.4. The van der Waals surface area contributed by atoms with Crippen molar-refractivity contribution in [3.05, 3.63) is 18.2 Å². The molecule has 116 valence electrons. The van der Waals surface area contributed by atoms with Crippen molar-refractivity contribution in [2.45, 2.75) is 57.6 Å². The fourth-order valence-corrected chi connectivity index (χ4v) is 3.50. The average Bonchev–Trinajstić information content (AvgIpc) is 3.16. The molecule has 0 spiro atoms. The van der Waals surface area contributed by atoms with Crippen molar-refractivity contribution in [2.75, 3.05) is 19.7 Å². The highest BCUT2D eigenvalue weighted by Crippen LogP contribution is 2.24. The van der Waals surface area contributed by atoms with Gasteiger partial charge in [-0.3, -0.25) is 4.79 Å². The molecule has 3 heterocycles. The van der Waals surface area contributed by atoms with Crippen LogP contribution < -0.4 is 0 Å². The Morgan fingerprint density at radius 2 is 2.33 bits per heavy atom. The van der Waals surface area contributed by atoms with Gasteiger partial charge in [-0.15, -0.1) is 0 Å². The first-order valence-electron chi connectivity index (χ1n) is 8.13. The minimum absolute atomic E-state index is 0.285. The van der Waals surface area contributed by atoms with Crippen molar-refractivity contribution in [1.82, 2.24) is 14.5 Å². The van der Waals surface area contributed by atoms with Gasteiger partial charge >= 0.3 is 0 Å². The van der Waals surface area contributed by atoms with E-state index in [9.17, 15) is 4.79 Å². The van der Waals surface area contributed by atoms with E-state index < -0.39 is 0 Å².